The van der Waals surface area contributed by atoms with Crippen LogP contribution in [0, 0.1) is 0 Å². The van der Waals surface area contributed by atoms with Crippen molar-refractivity contribution in [3.8, 4) is 0 Å². The van der Waals surface area contributed by atoms with Gasteiger partial charge in [0, 0.05) is 11.8 Å². The van der Waals surface area contributed by atoms with Crippen LogP contribution < -0.4 is 5.32 Å². The van der Waals surface area contributed by atoms with Crippen molar-refractivity contribution in [1.29, 1.82) is 0 Å². The Kier molecular flexibility index (Phi) is 1.87. The lowest BCUT2D eigenvalue weighted by Gasteiger charge is -2.22. The highest BCUT2D eigenvalue weighted by atomic mass is 127. The number of amides is 2. The Morgan fingerprint density at radius 2 is 2.50 bits per heavy atom. The van der Waals surface area contributed by atoms with Crippen molar-refractivity contribution >= 4 is 34.7 Å². The fourth-order valence-corrected chi connectivity index (χ4v) is 1.55. The van der Waals surface area contributed by atoms with E-state index in [9.17, 15) is 4.79 Å². The summed E-state index contributed by atoms with van der Waals surface area (Å²) >= 11 is 1.97. The molecule has 2 amide bonds. The second-order valence-corrected chi connectivity index (χ2v) is 3.63. The van der Waals surface area contributed by atoms with Gasteiger partial charge >= 0.3 is 6.03 Å². The number of hydrogen-bond donors (Lipinski definition) is 1. The van der Waals surface area contributed by atoms with E-state index in [0.717, 1.165) is 5.56 Å². The zero-order chi connectivity index (χ0) is 8.55. The van der Waals surface area contributed by atoms with Crippen molar-refractivity contribution in [2.75, 3.05) is 5.32 Å². The highest BCUT2D eigenvalue weighted by Crippen LogP contribution is 2.22. The van der Waals surface area contributed by atoms with Gasteiger partial charge in [0.2, 0.25) is 0 Å². The van der Waals surface area contributed by atoms with E-state index in [1.165, 1.54) is 0 Å². The molecule has 0 saturated carbocycles. The Morgan fingerprint density at radius 1 is 1.67 bits per heavy atom. The molecule has 0 aromatic carbocycles. The molecule has 0 unspecified atom stereocenters. The minimum atomic E-state index is -0.109. The maximum atomic E-state index is 11.1. The molecule has 2 rings (SSSR count). The summed E-state index contributed by atoms with van der Waals surface area (Å²) in [5.41, 5.74) is 1.05. The number of hydrogen-bond acceptors (Lipinski definition) is 2. The number of rotatable bonds is 0. The van der Waals surface area contributed by atoms with Crippen LogP contribution in [0.5, 0.6) is 0 Å². The summed E-state index contributed by atoms with van der Waals surface area (Å²) in [5.74, 6) is 0.676. The Hall–Kier alpha value is -0.850. The maximum Gasteiger partial charge on any atom is 0.332 e. The lowest BCUT2D eigenvalue weighted by Crippen LogP contribution is -2.31. The first-order chi connectivity index (χ1) is 5.77. The molecule has 1 aliphatic rings. The summed E-state index contributed by atoms with van der Waals surface area (Å²) < 4.78 is 1.59. The molecule has 5 heteroatoms. The van der Waals surface area contributed by atoms with E-state index in [1.807, 2.05) is 35.0 Å². The minimum absolute atomic E-state index is 0.109. The topological polar surface area (TPSA) is 45.2 Å². The van der Waals surface area contributed by atoms with Crippen LogP contribution in [0.4, 0.5) is 10.6 Å². The predicted molar refractivity (Wildman–Crippen MR) is 52.8 cm³/mol. The van der Waals surface area contributed by atoms with Crippen LogP contribution in [-0.4, -0.2) is 14.1 Å². The van der Waals surface area contributed by atoms with Gasteiger partial charge in [0.25, 0.3) is 0 Å². The molecule has 0 spiro atoms. The average molecular weight is 275 g/mol. The van der Waals surface area contributed by atoms with E-state index in [1.54, 1.807) is 9.31 Å². The molecule has 2 heterocycles. The van der Waals surface area contributed by atoms with Gasteiger partial charge in [-0.15, -0.1) is 0 Å². The van der Waals surface area contributed by atoms with E-state index >= 15 is 0 Å². The van der Waals surface area contributed by atoms with Gasteiger partial charge in [-0.1, -0.05) is 6.07 Å². The first-order valence-electron chi connectivity index (χ1n) is 3.45. The number of carbonyl (C=O) groups is 1. The Labute approximate surface area is 83.5 Å². The van der Waals surface area contributed by atoms with Gasteiger partial charge in [-0.3, -0.25) is 8.43 Å². The molecule has 0 saturated heterocycles. The highest BCUT2D eigenvalue weighted by molar-refractivity contribution is 14.1. The van der Waals surface area contributed by atoms with Crippen LogP contribution in [0.3, 0.4) is 0 Å². The van der Waals surface area contributed by atoms with Crippen LogP contribution in [0.15, 0.2) is 18.3 Å². The lowest BCUT2D eigenvalue weighted by atomic mass is 10.2. The molecule has 1 aromatic rings. The van der Waals surface area contributed by atoms with E-state index in [2.05, 4.69) is 10.3 Å². The summed E-state index contributed by atoms with van der Waals surface area (Å²) in [6.07, 6.45) is 1.67. The van der Waals surface area contributed by atoms with Crippen LogP contribution in [0.1, 0.15) is 5.56 Å². The molecule has 0 fully saturated rings. The first-order valence-corrected chi connectivity index (χ1v) is 4.42. The summed E-state index contributed by atoms with van der Waals surface area (Å²) in [7, 11) is 0. The Balaban J connectivity index is 2.40. The SMILES string of the molecule is O=C1Nc2ncccc2CN1I. The first kappa shape index (κ1) is 7.78. The predicted octanol–water partition coefficient (Wildman–Crippen LogP) is 1.78. The van der Waals surface area contributed by atoms with Crippen LogP contribution in [0.25, 0.3) is 0 Å². The van der Waals surface area contributed by atoms with Crippen molar-refractivity contribution in [2.45, 2.75) is 6.54 Å². The zero-order valence-corrected chi connectivity index (χ0v) is 8.28. The molecule has 62 valence electrons. The standard InChI is InChI=1S/C7H6IN3O/c8-11-4-5-2-1-3-9-6(5)10-7(11)12/h1-3H,4H2,(H,9,10,12). The molecule has 1 aromatic heterocycles. The van der Waals surface area contributed by atoms with E-state index in [4.69, 9.17) is 0 Å². The molecule has 1 aliphatic heterocycles. The lowest BCUT2D eigenvalue weighted by molar-refractivity contribution is 0.239. The zero-order valence-electron chi connectivity index (χ0n) is 6.12. The number of pyridine rings is 1. The van der Waals surface area contributed by atoms with Gasteiger partial charge in [-0.25, -0.2) is 9.78 Å². The molecule has 12 heavy (non-hydrogen) atoms. The quantitative estimate of drug-likeness (QED) is 0.579. The number of carbonyl (C=O) groups excluding carboxylic acids is 1. The number of anilines is 1. The minimum Gasteiger partial charge on any atom is -0.291 e. The Bertz CT molecular complexity index is 328. The average Bonchev–Trinajstić information content (AvgIpc) is 2.07. The fourth-order valence-electron chi connectivity index (χ4n) is 1.06. The van der Waals surface area contributed by atoms with Gasteiger partial charge in [0.1, 0.15) is 5.82 Å². The normalized spacial score (nSPS) is 15.4. The number of nitrogens with zero attached hydrogens (tertiary/aromatic N) is 2. The summed E-state index contributed by atoms with van der Waals surface area (Å²) in [6, 6.07) is 3.70. The third-order valence-corrected chi connectivity index (χ3v) is 2.43. The Morgan fingerprint density at radius 3 is 3.33 bits per heavy atom. The largest absolute Gasteiger partial charge is 0.332 e. The fraction of sp³-hybridized carbons (Fsp3) is 0.143. The van der Waals surface area contributed by atoms with Crippen molar-refractivity contribution in [2.24, 2.45) is 0 Å². The molecule has 0 radical (unpaired) electrons. The smallest absolute Gasteiger partial charge is 0.291 e. The van der Waals surface area contributed by atoms with Crippen molar-refractivity contribution in [3.05, 3.63) is 23.9 Å². The van der Waals surface area contributed by atoms with Crippen molar-refractivity contribution < 1.29 is 4.79 Å². The third kappa shape index (κ3) is 1.24. The third-order valence-electron chi connectivity index (χ3n) is 1.65. The molecule has 0 aliphatic carbocycles. The second kappa shape index (κ2) is 2.89. The molecular weight excluding hydrogens is 269 g/mol. The maximum absolute atomic E-state index is 11.1. The van der Waals surface area contributed by atoms with E-state index in [-0.39, 0.29) is 6.03 Å². The van der Waals surface area contributed by atoms with Gasteiger partial charge in [-0.2, -0.15) is 0 Å². The van der Waals surface area contributed by atoms with Gasteiger partial charge in [0.05, 0.1) is 29.4 Å². The van der Waals surface area contributed by atoms with Crippen LogP contribution in [-0.2, 0) is 6.54 Å². The van der Waals surface area contributed by atoms with Crippen molar-refractivity contribution in [1.82, 2.24) is 8.10 Å². The summed E-state index contributed by atoms with van der Waals surface area (Å²) in [4.78, 5) is 15.2. The van der Waals surface area contributed by atoms with Crippen molar-refractivity contribution in [3.63, 3.8) is 0 Å². The number of fused-ring (bicyclic) bond motifs is 1. The van der Waals surface area contributed by atoms with Crippen LogP contribution in [0.2, 0.25) is 0 Å². The summed E-state index contributed by atoms with van der Waals surface area (Å²) in [6.45, 7) is 0.621. The number of nitrogens with one attached hydrogen (secondary N) is 1. The van der Waals surface area contributed by atoms with E-state index < -0.39 is 0 Å². The monoisotopic (exact) mass is 275 g/mol. The molecular formula is C7H6IN3O. The molecule has 0 atom stereocenters. The van der Waals surface area contributed by atoms with Gasteiger partial charge in [-0.05, 0) is 6.07 Å². The molecule has 0 bridgehead atoms. The number of urea groups is 1. The summed E-state index contributed by atoms with van der Waals surface area (Å²) in [5, 5.41) is 2.68. The highest BCUT2D eigenvalue weighted by Gasteiger charge is 2.20. The van der Waals surface area contributed by atoms with Gasteiger partial charge in [0.15, 0.2) is 0 Å². The molecule has 4 nitrogen and oxygen atoms in total. The number of halogens is 1. The van der Waals surface area contributed by atoms with Crippen LogP contribution >= 0.6 is 22.9 Å². The van der Waals surface area contributed by atoms with E-state index in [0.29, 0.717) is 12.4 Å². The molecule has 1 N–H and O–H groups in total. The number of aromatic nitrogens is 1. The second-order valence-electron chi connectivity index (χ2n) is 2.46. The van der Waals surface area contributed by atoms with Gasteiger partial charge < -0.3 is 0 Å².